The number of nitrogens with zero attached hydrogens (tertiary/aromatic N) is 2. The van der Waals surface area contributed by atoms with Crippen molar-refractivity contribution in [2.45, 2.75) is 31.8 Å². The van der Waals surface area contributed by atoms with Crippen LogP contribution in [0, 0.1) is 5.92 Å². The van der Waals surface area contributed by atoms with E-state index >= 15 is 0 Å². The number of carbonyl (C=O) groups excluding carboxylic acids is 1. The van der Waals surface area contributed by atoms with Gasteiger partial charge < -0.3 is 15.7 Å². The summed E-state index contributed by atoms with van der Waals surface area (Å²) in [5.41, 5.74) is 7.03. The van der Waals surface area contributed by atoms with Crippen LogP contribution in [0.4, 0.5) is 0 Å². The summed E-state index contributed by atoms with van der Waals surface area (Å²) < 4.78 is 0. The van der Waals surface area contributed by atoms with Crippen LogP contribution in [0.2, 0.25) is 0 Å². The van der Waals surface area contributed by atoms with Gasteiger partial charge in [-0.25, -0.2) is 0 Å². The normalized spacial score (nSPS) is 26.3. The molecule has 5 nitrogen and oxygen atoms in total. The summed E-state index contributed by atoms with van der Waals surface area (Å²) in [6, 6.07) is 7.59. The smallest absolute Gasteiger partial charge is 0.225 e. The van der Waals surface area contributed by atoms with Crippen LogP contribution < -0.4 is 5.73 Å². The van der Waals surface area contributed by atoms with Gasteiger partial charge in [0.25, 0.3) is 0 Å². The van der Waals surface area contributed by atoms with Gasteiger partial charge in [-0.2, -0.15) is 0 Å². The zero-order valence-electron chi connectivity index (χ0n) is 12.9. The number of phenols is 1. The molecule has 1 heterocycles. The SMILES string of the molecule is NC1CCC(C(=O)N2CCN(Cc3cccc(O)c3)CC2)C1. The lowest BCUT2D eigenvalue weighted by Gasteiger charge is -2.36. The van der Waals surface area contributed by atoms with Crippen LogP contribution in [0.15, 0.2) is 24.3 Å². The summed E-state index contributed by atoms with van der Waals surface area (Å²) in [7, 11) is 0. The highest BCUT2D eigenvalue weighted by Gasteiger charge is 2.32. The van der Waals surface area contributed by atoms with Gasteiger partial charge in [0.2, 0.25) is 5.91 Å². The number of piperazine rings is 1. The van der Waals surface area contributed by atoms with Crippen LogP contribution in [0.5, 0.6) is 5.75 Å². The molecule has 0 aromatic heterocycles. The third-order valence-corrected chi connectivity index (χ3v) is 4.82. The molecule has 1 aromatic carbocycles. The third-order valence-electron chi connectivity index (χ3n) is 4.82. The van der Waals surface area contributed by atoms with Crippen molar-refractivity contribution >= 4 is 5.91 Å². The molecule has 1 aliphatic carbocycles. The molecular formula is C17H25N3O2. The molecule has 120 valence electrons. The molecule has 3 N–H and O–H groups in total. The van der Waals surface area contributed by atoms with E-state index in [0.717, 1.165) is 57.5 Å². The molecule has 3 rings (SSSR count). The summed E-state index contributed by atoms with van der Waals surface area (Å²) in [5.74, 6) is 0.751. The van der Waals surface area contributed by atoms with Gasteiger partial charge in [-0.1, -0.05) is 12.1 Å². The largest absolute Gasteiger partial charge is 0.508 e. The Balaban J connectivity index is 1.49. The highest BCUT2D eigenvalue weighted by molar-refractivity contribution is 5.79. The summed E-state index contributed by atoms with van der Waals surface area (Å²) in [4.78, 5) is 16.8. The van der Waals surface area contributed by atoms with E-state index in [1.165, 1.54) is 0 Å². The van der Waals surface area contributed by atoms with E-state index in [1.807, 2.05) is 17.0 Å². The quantitative estimate of drug-likeness (QED) is 0.879. The minimum absolute atomic E-state index is 0.146. The highest BCUT2D eigenvalue weighted by atomic mass is 16.3. The second kappa shape index (κ2) is 6.67. The first-order valence-electron chi connectivity index (χ1n) is 8.16. The highest BCUT2D eigenvalue weighted by Crippen LogP contribution is 2.26. The molecule has 1 aromatic rings. The van der Waals surface area contributed by atoms with Crippen LogP contribution >= 0.6 is 0 Å². The predicted molar refractivity (Wildman–Crippen MR) is 85.3 cm³/mol. The van der Waals surface area contributed by atoms with Gasteiger partial charge in [0.05, 0.1) is 0 Å². The van der Waals surface area contributed by atoms with Crippen LogP contribution in [-0.4, -0.2) is 53.0 Å². The predicted octanol–water partition coefficient (Wildman–Crippen LogP) is 1.16. The number of aromatic hydroxyl groups is 1. The lowest BCUT2D eigenvalue weighted by Crippen LogP contribution is -2.49. The molecule has 0 bridgehead atoms. The second-order valence-corrected chi connectivity index (χ2v) is 6.54. The average Bonchev–Trinajstić information content (AvgIpc) is 2.94. The van der Waals surface area contributed by atoms with Crippen LogP contribution in [0.1, 0.15) is 24.8 Å². The third kappa shape index (κ3) is 3.59. The van der Waals surface area contributed by atoms with E-state index in [0.29, 0.717) is 11.7 Å². The summed E-state index contributed by atoms with van der Waals surface area (Å²) >= 11 is 0. The standard InChI is InChI=1S/C17H25N3O2/c18-15-5-4-14(11-15)17(22)20-8-6-19(7-9-20)12-13-2-1-3-16(21)10-13/h1-3,10,14-15,21H,4-9,11-12,18H2. The fourth-order valence-electron chi connectivity index (χ4n) is 3.54. The van der Waals surface area contributed by atoms with Gasteiger partial charge in [0.1, 0.15) is 5.75 Å². The molecule has 2 unspecified atom stereocenters. The summed E-state index contributed by atoms with van der Waals surface area (Å²) in [6.45, 7) is 4.19. The molecular weight excluding hydrogens is 278 g/mol. The van der Waals surface area contributed by atoms with E-state index in [9.17, 15) is 9.90 Å². The zero-order valence-corrected chi connectivity index (χ0v) is 12.9. The molecule has 1 aliphatic heterocycles. The maximum Gasteiger partial charge on any atom is 0.225 e. The number of hydrogen-bond donors (Lipinski definition) is 2. The molecule has 2 aliphatic rings. The summed E-state index contributed by atoms with van der Waals surface area (Å²) in [5, 5.41) is 9.52. The van der Waals surface area contributed by atoms with Gasteiger partial charge in [-0.05, 0) is 37.0 Å². The molecule has 1 amide bonds. The van der Waals surface area contributed by atoms with E-state index < -0.39 is 0 Å². The van der Waals surface area contributed by atoms with Crippen molar-refractivity contribution in [2.75, 3.05) is 26.2 Å². The first-order valence-corrected chi connectivity index (χ1v) is 8.16. The Bertz CT molecular complexity index is 526. The van der Waals surface area contributed by atoms with Crippen molar-refractivity contribution in [1.29, 1.82) is 0 Å². The molecule has 0 radical (unpaired) electrons. The summed E-state index contributed by atoms with van der Waals surface area (Å²) in [6.07, 6.45) is 2.78. The van der Waals surface area contributed by atoms with Crippen molar-refractivity contribution in [3.63, 3.8) is 0 Å². The van der Waals surface area contributed by atoms with Crippen LogP contribution in [-0.2, 0) is 11.3 Å². The number of nitrogens with two attached hydrogens (primary N) is 1. The molecule has 1 saturated carbocycles. The fourth-order valence-corrected chi connectivity index (χ4v) is 3.54. The fraction of sp³-hybridized carbons (Fsp3) is 0.588. The lowest BCUT2D eigenvalue weighted by atomic mass is 10.1. The number of benzene rings is 1. The zero-order chi connectivity index (χ0) is 15.5. The first-order chi connectivity index (χ1) is 10.6. The van der Waals surface area contributed by atoms with Crippen molar-refractivity contribution in [3.05, 3.63) is 29.8 Å². The maximum atomic E-state index is 12.5. The van der Waals surface area contributed by atoms with E-state index in [-0.39, 0.29) is 12.0 Å². The number of phenolic OH excluding ortho intramolecular Hbond substituents is 1. The Labute approximate surface area is 131 Å². The molecule has 1 saturated heterocycles. The lowest BCUT2D eigenvalue weighted by molar-refractivity contribution is -0.137. The molecule has 2 fully saturated rings. The Hall–Kier alpha value is -1.59. The number of carbonyl (C=O) groups is 1. The van der Waals surface area contributed by atoms with Crippen molar-refractivity contribution in [1.82, 2.24) is 9.80 Å². The number of rotatable bonds is 3. The van der Waals surface area contributed by atoms with Crippen molar-refractivity contribution in [2.24, 2.45) is 11.7 Å². The van der Waals surface area contributed by atoms with Crippen LogP contribution in [0.3, 0.4) is 0 Å². The van der Waals surface area contributed by atoms with Gasteiger partial charge in [0.15, 0.2) is 0 Å². The monoisotopic (exact) mass is 303 g/mol. The topological polar surface area (TPSA) is 69.8 Å². The Morgan fingerprint density at radius 3 is 2.64 bits per heavy atom. The molecule has 5 heteroatoms. The Morgan fingerprint density at radius 2 is 2.00 bits per heavy atom. The van der Waals surface area contributed by atoms with E-state index in [1.54, 1.807) is 12.1 Å². The minimum atomic E-state index is 0.146. The maximum absolute atomic E-state index is 12.5. The first kappa shape index (κ1) is 15.3. The number of amides is 1. The van der Waals surface area contributed by atoms with E-state index in [4.69, 9.17) is 5.73 Å². The van der Waals surface area contributed by atoms with Gasteiger partial charge in [-0.15, -0.1) is 0 Å². The molecule has 2 atom stereocenters. The van der Waals surface area contributed by atoms with E-state index in [2.05, 4.69) is 4.90 Å². The molecule has 22 heavy (non-hydrogen) atoms. The number of hydrogen-bond acceptors (Lipinski definition) is 4. The van der Waals surface area contributed by atoms with Crippen molar-refractivity contribution < 1.29 is 9.90 Å². The van der Waals surface area contributed by atoms with Gasteiger partial charge in [0, 0.05) is 44.7 Å². The van der Waals surface area contributed by atoms with Gasteiger partial charge in [-0.3, -0.25) is 9.69 Å². The second-order valence-electron chi connectivity index (χ2n) is 6.54. The van der Waals surface area contributed by atoms with Gasteiger partial charge >= 0.3 is 0 Å². The Morgan fingerprint density at radius 1 is 1.23 bits per heavy atom. The minimum Gasteiger partial charge on any atom is -0.508 e. The average molecular weight is 303 g/mol. The van der Waals surface area contributed by atoms with Crippen LogP contribution in [0.25, 0.3) is 0 Å². The Kier molecular flexibility index (Phi) is 4.64. The molecule has 0 spiro atoms. The van der Waals surface area contributed by atoms with Crippen molar-refractivity contribution in [3.8, 4) is 5.75 Å².